The predicted molar refractivity (Wildman–Crippen MR) is 101 cm³/mol. The molecule has 2 heterocycles. The Hall–Kier alpha value is -2.37. The lowest BCUT2D eigenvalue weighted by atomic mass is 9.85. The average Bonchev–Trinajstić information content (AvgIpc) is 3.17. The first-order valence-corrected chi connectivity index (χ1v) is 9.92. The molecule has 1 aromatic rings. The number of carbonyl (C=O) groups is 3. The van der Waals surface area contributed by atoms with Gasteiger partial charge in [0.25, 0.3) is 5.91 Å². The fourth-order valence-corrected chi connectivity index (χ4v) is 4.85. The second-order valence-corrected chi connectivity index (χ2v) is 8.41. The molecular formula is C21H27N3O3. The number of likely N-dealkylation sites (tertiary alicyclic amines) is 1. The lowest BCUT2D eigenvalue weighted by molar-refractivity contribution is -0.139. The van der Waals surface area contributed by atoms with Gasteiger partial charge in [0, 0.05) is 19.6 Å². The minimum absolute atomic E-state index is 0.0685. The van der Waals surface area contributed by atoms with Gasteiger partial charge in [-0.2, -0.15) is 0 Å². The van der Waals surface area contributed by atoms with E-state index in [1.54, 1.807) is 4.90 Å². The average molecular weight is 369 g/mol. The second kappa shape index (κ2) is 6.66. The largest absolute Gasteiger partial charge is 0.342 e. The first-order chi connectivity index (χ1) is 12.9. The number of nitrogens with zero attached hydrogens (tertiary/aromatic N) is 2. The standard InChI is InChI=1S/C21H27N3O3/c1-14(2)13-24-20(27)22-19(26)21(24)9-11-23(12-10-21)18(25)17-8-7-15-5-3-4-6-16(15)17/h3-6,14,17H,7-13H2,1-2H3,(H,22,26,27). The molecule has 1 N–H and O–H groups in total. The number of hydrogen-bond acceptors (Lipinski definition) is 3. The van der Waals surface area contributed by atoms with E-state index in [1.807, 2.05) is 30.9 Å². The fourth-order valence-electron chi connectivity index (χ4n) is 4.85. The summed E-state index contributed by atoms with van der Waals surface area (Å²) in [6.07, 6.45) is 2.83. The predicted octanol–water partition coefficient (Wildman–Crippen LogP) is 2.29. The number of amides is 4. The summed E-state index contributed by atoms with van der Waals surface area (Å²) >= 11 is 0. The van der Waals surface area contributed by atoms with Crippen LogP contribution in [0, 0.1) is 5.92 Å². The first-order valence-electron chi connectivity index (χ1n) is 9.92. The van der Waals surface area contributed by atoms with Gasteiger partial charge in [-0.3, -0.25) is 14.9 Å². The van der Waals surface area contributed by atoms with Crippen LogP contribution >= 0.6 is 0 Å². The smallest absolute Gasteiger partial charge is 0.325 e. The molecule has 3 aliphatic rings. The molecule has 2 saturated heterocycles. The molecule has 2 fully saturated rings. The second-order valence-electron chi connectivity index (χ2n) is 8.41. The number of urea groups is 1. The van der Waals surface area contributed by atoms with E-state index in [-0.39, 0.29) is 29.7 Å². The van der Waals surface area contributed by atoms with Gasteiger partial charge in [0.2, 0.25) is 5.91 Å². The highest BCUT2D eigenvalue weighted by molar-refractivity contribution is 6.07. The molecule has 27 heavy (non-hydrogen) atoms. The van der Waals surface area contributed by atoms with Crippen LogP contribution in [0.5, 0.6) is 0 Å². The summed E-state index contributed by atoms with van der Waals surface area (Å²) < 4.78 is 0. The maximum Gasteiger partial charge on any atom is 0.325 e. The number of hydrogen-bond donors (Lipinski definition) is 1. The molecule has 1 unspecified atom stereocenters. The van der Waals surface area contributed by atoms with E-state index in [0.29, 0.717) is 32.5 Å². The van der Waals surface area contributed by atoms with Crippen LogP contribution in [0.4, 0.5) is 4.79 Å². The number of imide groups is 1. The molecule has 1 spiro atoms. The summed E-state index contributed by atoms with van der Waals surface area (Å²) in [6, 6.07) is 7.89. The fraction of sp³-hybridized carbons (Fsp3) is 0.571. The van der Waals surface area contributed by atoms with Gasteiger partial charge in [-0.05, 0) is 42.7 Å². The van der Waals surface area contributed by atoms with Crippen LogP contribution in [0.1, 0.15) is 50.2 Å². The van der Waals surface area contributed by atoms with E-state index in [4.69, 9.17) is 0 Å². The van der Waals surface area contributed by atoms with Crippen LogP contribution in [0.3, 0.4) is 0 Å². The van der Waals surface area contributed by atoms with Gasteiger partial charge in [-0.25, -0.2) is 4.79 Å². The van der Waals surface area contributed by atoms with Crippen molar-refractivity contribution in [2.24, 2.45) is 5.92 Å². The van der Waals surface area contributed by atoms with Crippen LogP contribution in [-0.2, 0) is 16.0 Å². The number of aryl methyl sites for hydroxylation is 1. The Bertz CT molecular complexity index is 781. The first kappa shape index (κ1) is 18.0. The highest BCUT2D eigenvalue weighted by Gasteiger charge is 2.54. The maximum atomic E-state index is 13.1. The van der Waals surface area contributed by atoms with Crippen molar-refractivity contribution in [2.75, 3.05) is 19.6 Å². The zero-order valence-corrected chi connectivity index (χ0v) is 16.0. The molecule has 1 aromatic carbocycles. The van der Waals surface area contributed by atoms with Gasteiger partial charge < -0.3 is 9.80 Å². The zero-order chi connectivity index (χ0) is 19.2. The zero-order valence-electron chi connectivity index (χ0n) is 16.0. The van der Waals surface area contributed by atoms with E-state index in [0.717, 1.165) is 18.4 Å². The van der Waals surface area contributed by atoms with E-state index >= 15 is 0 Å². The molecule has 0 saturated carbocycles. The van der Waals surface area contributed by atoms with Gasteiger partial charge in [0.1, 0.15) is 5.54 Å². The third-order valence-electron chi connectivity index (χ3n) is 6.29. The lowest BCUT2D eigenvalue weighted by Crippen LogP contribution is -2.58. The van der Waals surface area contributed by atoms with Crippen molar-refractivity contribution in [3.05, 3.63) is 35.4 Å². The molecule has 4 rings (SSSR count). The van der Waals surface area contributed by atoms with Gasteiger partial charge in [0.15, 0.2) is 0 Å². The van der Waals surface area contributed by atoms with E-state index in [1.165, 1.54) is 5.56 Å². The summed E-state index contributed by atoms with van der Waals surface area (Å²) in [5, 5.41) is 2.49. The SMILES string of the molecule is CC(C)CN1C(=O)NC(=O)C12CCN(C(=O)C1CCc3ccccc31)CC2. The minimum atomic E-state index is -0.786. The number of benzene rings is 1. The van der Waals surface area contributed by atoms with Crippen molar-refractivity contribution in [1.29, 1.82) is 0 Å². The third kappa shape index (κ3) is 2.91. The molecule has 0 aromatic heterocycles. The van der Waals surface area contributed by atoms with Crippen LogP contribution in [-0.4, -0.2) is 52.8 Å². The number of nitrogens with one attached hydrogen (secondary N) is 1. The molecule has 6 nitrogen and oxygen atoms in total. The van der Waals surface area contributed by atoms with Crippen LogP contribution in [0.2, 0.25) is 0 Å². The van der Waals surface area contributed by atoms with Crippen molar-refractivity contribution in [1.82, 2.24) is 15.1 Å². The van der Waals surface area contributed by atoms with Gasteiger partial charge >= 0.3 is 6.03 Å². The van der Waals surface area contributed by atoms with Gasteiger partial charge in [-0.1, -0.05) is 38.1 Å². The summed E-state index contributed by atoms with van der Waals surface area (Å²) in [5.74, 6) is 0.177. The van der Waals surface area contributed by atoms with Crippen LogP contribution in [0.15, 0.2) is 24.3 Å². The molecule has 2 aliphatic heterocycles. The molecular weight excluding hydrogens is 342 g/mol. The van der Waals surface area contributed by atoms with Crippen molar-refractivity contribution in [3.8, 4) is 0 Å². The Morgan fingerprint density at radius 3 is 2.63 bits per heavy atom. The van der Waals surface area contributed by atoms with E-state index in [9.17, 15) is 14.4 Å². The quantitative estimate of drug-likeness (QED) is 0.831. The summed E-state index contributed by atoms with van der Waals surface area (Å²) in [5.41, 5.74) is 1.64. The maximum absolute atomic E-state index is 13.1. The van der Waals surface area contributed by atoms with Crippen molar-refractivity contribution in [3.63, 3.8) is 0 Å². The van der Waals surface area contributed by atoms with Crippen LogP contribution < -0.4 is 5.32 Å². The molecule has 0 radical (unpaired) electrons. The number of carbonyl (C=O) groups excluding carboxylic acids is 3. The van der Waals surface area contributed by atoms with Crippen molar-refractivity contribution >= 4 is 17.8 Å². The van der Waals surface area contributed by atoms with Gasteiger partial charge in [-0.15, -0.1) is 0 Å². The lowest BCUT2D eigenvalue weighted by Gasteiger charge is -2.43. The highest BCUT2D eigenvalue weighted by atomic mass is 16.2. The Kier molecular flexibility index (Phi) is 4.44. The van der Waals surface area contributed by atoms with Crippen molar-refractivity contribution in [2.45, 2.75) is 51.0 Å². The molecule has 1 atom stereocenters. The van der Waals surface area contributed by atoms with E-state index in [2.05, 4.69) is 17.4 Å². The summed E-state index contributed by atoms with van der Waals surface area (Å²) in [6.45, 7) is 5.68. The summed E-state index contributed by atoms with van der Waals surface area (Å²) in [4.78, 5) is 41.5. The molecule has 1 aliphatic carbocycles. The summed E-state index contributed by atoms with van der Waals surface area (Å²) in [7, 11) is 0. The minimum Gasteiger partial charge on any atom is -0.342 e. The molecule has 6 heteroatoms. The topological polar surface area (TPSA) is 69.7 Å². The molecule has 0 bridgehead atoms. The Balaban J connectivity index is 1.48. The van der Waals surface area contributed by atoms with Crippen molar-refractivity contribution < 1.29 is 14.4 Å². The van der Waals surface area contributed by atoms with E-state index < -0.39 is 5.54 Å². The normalized spacial score (nSPS) is 23.9. The Morgan fingerprint density at radius 2 is 1.93 bits per heavy atom. The van der Waals surface area contributed by atoms with Gasteiger partial charge in [0.05, 0.1) is 5.92 Å². The monoisotopic (exact) mass is 369 g/mol. The molecule has 4 amide bonds. The van der Waals surface area contributed by atoms with Crippen LogP contribution in [0.25, 0.3) is 0 Å². The molecule has 144 valence electrons. The number of piperidine rings is 1. The Morgan fingerprint density at radius 1 is 1.22 bits per heavy atom. The highest BCUT2D eigenvalue weighted by Crippen LogP contribution is 2.38. The third-order valence-corrected chi connectivity index (χ3v) is 6.29. The Labute approximate surface area is 159 Å². The number of fused-ring (bicyclic) bond motifs is 1. The number of rotatable bonds is 3.